The van der Waals surface area contributed by atoms with Crippen LogP contribution >= 0.6 is 0 Å². The molecular formula is C10H19N. The monoisotopic (exact) mass is 153 g/mol. The predicted octanol–water partition coefficient (Wildman–Crippen LogP) is 2.13. The molecule has 64 valence electrons. The molecule has 0 aromatic heterocycles. The van der Waals surface area contributed by atoms with Crippen molar-refractivity contribution in [1.29, 1.82) is 0 Å². The highest BCUT2D eigenvalue weighted by Crippen LogP contribution is 2.33. The highest BCUT2D eigenvalue weighted by atomic mass is 15.2. The molecule has 1 saturated carbocycles. The third-order valence-electron chi connectivity index (χ3n) is 3.26. The van der Waals surface area contributed by atoms with E-state index in [-0.39, 0.29) is 0 Å². The fraction of sp³-hybridized carbons (Fsp3) is 1.00. The van der Waals surface area contributed by atoms with E-state index in [0.717, 1.165) is 17.9 Å². The number of rotatable bonds is 2. The predicted molar refractivity (Wildman–Crippen MR) is 47.5 cm³/mol. The molecule has 1 aliphatic heterocycles. The highest BCUT2D eigenvalue weighted by Gasteiger charge is 2.34. The van der Waals surface area contributed by atoms with Crippen LogP contribution in [-0.2, 0) is 0 Å². The minimum absolute atomic E-state index is 0.902. The summed E-state index contributed by atoms with van der Waals surface area (Å²) < 4.78 is 0. The van der Waals surface area contributed by atoms with Gasteiger partial charge in [-0.2, -0.15) is 0 Å². The smallest absolute Gasteiger partial charge is 0.00965 e. The van der Waals surface area contributed by atoms with Gasteiger partial charge < -0.3 is 4.90 Å². The fourth-order valence-electron chi connectivity index (χ4n) is 2.13. The average molecular weight is 153 g/mol. The van der Waals surface area contributed by atoms with Crippen LogP contribution in [0.1, 0.15) is 33.1 Å². The summed E-state index contributed by atoms with van der Waals surface area (Å²) >= 11 is 0. The van der Waals surface area contributed by atoms with Crippen molar-refractivity contribution in [3.05, 3.63) is 0 Å². The number of nitrogens with zero attached hydrogens (tertiary/aromatic N) is 1. The van der Waals surface area contributed by atoms with E-state index in [0.29, 0.717) is 0 Å². The Morgan fingerprint density at radius 1 is 1.18 bits per heavy atom. The summed E-state index contributed by atoms with van der Waals surface area (Å²) in [6.45, 7) is 7.50. The molecule has 2 aliphatic rings. The van der Waals surface area contributed by atoms with Crippen molar-refractivity contribution in [3.63, 3.8) is 0 Å². The van der Waals surface area contributed by atoms with Gasteiger partial charge in [-0.25, -0.2) is 0 Å². The van der Waals surface area contributed by atoms with Crippen LogP contribution in [0.5, 0.6) is 0 Å². The van der Waals surface area contributed by atoms with E-state index in [1.807, 2.05) is 0 Å². The second kappa shape index (κ2) is 2.78. The largest absolute Gasteiger partial charge is 0.300 e. The van der Waals surface area contributed by atoms with Crippen LogP contribution < -0.4 is 0 Å². The second-order valence-corrected chi connectivity index (χ2v) is 4.52. The van der Waals surface area contributed by atoms with Gasteiger partial charge in [-0.3, -0.25) is 0 Å². The average Bonchev–Trinajstić information content (AvgIpc) is 2.68. The lowest BCUT2D eigenvalue weighted by Crippen LogP contribution is -2.23. The molecule has 0 bridgehead atoms. The van der Waals surface area contributed by atoms with E-state index in [9.17, 15) is 0 Å². The van der Waals surface area contributed by atoms with E-state index in [2.05, 4.69) is 18.7 Å². The van der Waals surface area contributed by atoms with Crippen LogP contribution in [0.15, 0.2) is 0 Å². The van der Waals surface area contributed by atoms with Crippen molar-refractivity contribution in [2.75, 3.05) is 13.1 Å². The third-order valence-corrected chi connectivity index (χ3v) is 3.26. The maximum absolute atomic E-state index is 2.70. The van der Waals surface area contributed by atoms with E-state index in [1.165, 1.54) is 32.4 Å². The molecule has 0 radical (unpaired) electrons. The highest BCUT2D eigenvalue weighted by molar-refractivity contribution is 4.89. The van der Waals surface area contributed by atoms with Crippen molar-refractivity contribution in [2.45, 2.75) is 39.2 Å². The molecule has 1 saturated heterocycles. The molecule has 1 unspecified atom stereocenters. The van der Waals surface area contributed by atoms with Crippen molar-refractivity contribution in [2.24, 2.45) is 11.8 Å². The number of likely N-dealkylation sites (tertiary alicyclic amines) is 1. The molecule has 1 atom stereocenters. The minimum atomic E-state index is 0.902. The Balaban J connectivity index is 1.82. The van der Waals surface area contributed by atoms with Crippen LogP contribution in [0.3, 0.4) is 0 Å². The van der Waals surface area contributed by atoms with Gasteiger partial charge in [0.25, 0.3) is 0 Å². The molecule has 1 aliphatic carbocycles. The van der Waals surface area contributed by atoms with Crippen molar-refractivity contribution in [1.82, 2.24) is 4.90 Å². The quantitative estimate of drug-likeness (QED) is 0.587. The Morgan fingerprint density at radius 2 is 1.91 bits per heavy atom. The summed E-state index contributed by atoms with van der Waals surface area (Å²) in [5.74, 6) is 1.90. The fourth-order valence-corrected chi connectivity index (χ4v) is 2.13. The first-order chi connectivity index (χ1) is 5.27. The molecule has 1 heterocycles. The topological polar surface area (TPSA) is 3.24 Å². The summed E-state index contributed by atoms with van der Waals surface area (Å²) in [5, 5.41) is 0. The number of hydrogen-bond acceptors (Lipinski definition) is 1. The van der Waals surface area contributed by atoms with E-state index in [4.69, 9.17) is 0 Å². The van der Waals surface area contributed by atoms with Gasteiger partial charge in [0.15, 0.2) is 0 Å². The molecule has 2 fully saturated rings. The van der Waals surface area contributed by atoms with Crippen molar-refractivity contribution in [3.8, 4) is 0 Å². The lowest BCUT2D eigenvalue weighted by atomic mass is 9.95. The lowest BCUT2D eigenvalue weighted by molar-refractivity contribution is 0.295. The molecule has 11 heavy (non-hydrogen) atoms. The van der Waals surface area contributed by atoms with Crippen LogP contribution in [0.2, 0.25) is 0 Å². The summed E-state index contributed by atoms with van der Waals surface area (Å²) in [4.78, 5) is 2.70. The zero-order valence-corrected chi connectivity index (χ0v) is 7.71. The normalized spacial score (nSPS) is 33.5. The Morgan fingerprint density at radius 3 is 2.36 bits per heavy atom. The SMILES string of the molecule is CC(C)C1CCN(C2CC2)C1. The van der Waals surface area contributed by atoms with Crippen LogP contribution in [0, 0.1) is 11.8 Å². The molecule has 2 rings (SSSR count). The summed E-state index contributed by atoms with van der Waals surface area (Å²) in [5.41, 5.74) is 0. The second-order valence-electron chi connectivity index (χ2n) is 4.52. The first-order valence-corrected chi connectivity index (χ1v) is 5.01. The minimum Gasteiger partial charge on any atom is -0.300 e. The first kappa shape index (κ1) is 7.60. The van der Waals surface area contributed by atoms with E-state index >= 15 is 0 Å². The van der Waals surface area contributed by atoms with Gasteiger partial charge in [0, 0.05) is 12.6 Å². The van der Waals surface area contributed by atoms with E-state index < -0.39 is 0 Å². The molecule has 0 spiro atoms. The molecular weight excluding hydrogens is 134 g/mol. The standard InChI is InChI=1S/C10H19N/c1-8(2)9-5-6-11(7-9)10-3-4-10/h8-10H,3-7H2,1-2H3. The molecule has 1 nitrogen and oxygen atoms in total. The zero-order valence-electron chi connectivity index (χ0n) is 7.71. The molecule has 0 amide bonds. The van der Waals surface area contributed by atoms with Crippen molar-refractivity contribution >= 4 is 0 Å². The number of hydrogen-bond donors (Lipinski definition) is 0. The maximum Gasteiger partial charge on any atom is 0.00965 e. The summed E-state index contributed by atoms with van der Waals surface area (Å²) in [7, 11) is 0. The van der Waals surface area contributed by atoms with Crippen LogP contribution in [0.25, 0.3) is 0 Å². The first-order valence-electron chi connectivity index (χ1n) is 5.01. The summed E-state index contributed by atoms with van der Waals surface area (Å²) in [6, 6.07) is 0.999. The molecule has 0 N–H and O–H groups in total. The van der Waals surface area contributed by atoms with Gasteiger partial charge in [0.1, 0.15) is 0 Å². The Labute approximate surface area is 69.8 Å². The maximum atomic E-state index is 2.70. The zero-order chi connectivity index (χ0) is 7.84. The Hall–Kier alpha value is -0.0400. The van der Waals surface area contributed by atoms with Crippen molar-refractivity contribution < 1.29 is 0 Å². The third kappa shape index (κ3) is 1.58. The lowest BCUT2D eigenvalue weighted by Gasteiger charge is -2.16. The van der Waals surface area contributed by atoms with Gasteiger partial charge in [-0.1, -0.05) is 13.8 Å². The van der Waals surface area contributed by atoms with E-state index in [1.54, 1.807) is 0 Å². The van der Waals surface area contributed by atoms with Crippen LogP contribution in [-0.4, -0.2) is 24.0 Å². The molecule has 0 aromatic carbocycles. The molecule has 0 aromatic rings. The van der Waals surface area contributed by atoms with Crippen LogP contribution in [0.4, 0.5) is 0 Å². The Kier molecular flexibility index (Phi) is 1.92. The van der Waals surface area contributed by atoms with Gasteiger partial charge >= 0.3 is 0 Å². The molecule has 1 heteroatoms. The van der Waals surface area contributed by atoms with Gasteiger partial charge in [0.05, 0.1) is 0 Å². The van der Waals surface area contributed by atoms with Gasteiger partial charge in [-0.15, -0.1) is 0 Å². The van der Waals surface area contributed by atoms with Gasteiger partial charge in [-0.05, 0) is 37.6 Å². The Bertz CT molecular complexity index is 130. The van der Waals surface area contributed by atoms with Gasteiger partial charge in [0.2, 0.25) is 0 Å². The summed E-state index contributed by atoms with van der Waals surface area (Å²) in [6.07, 6.45) is 4.41.